The molecule has 1 aromatic carbocycles. The van der Waals surface area contributed by atoms with E-state index < -0.39 is 12.3 Å². The highest BCUT2D eigenvalue weighted by molar-refractivity contribution is 8.00. The summed E-state index contributed by atoms with van der Waals surface area (Å²) < 4.78 is 20.4. The van der Waals surface area contributed by atoms with Crippen molar-refractivity contribution < 1.29 is 19.0 Å². The summed E-state index contributed by atoms with van der Waals surface area (Å²) in [6.07, 6.45) is 0.464. The van der Waals surface area contributed by atoms with Crippen LogP contribution in [0.4, 0.5) is 10.2 Å². The number of aromatic nitrogens is 2. The molecule has 1 saturated heterocycles. The van der Waals surface area contributed by atoms with Gasteiger partial charge in [-0.15, -0.1) is 11.8 Å². The molecular weight excluding hydrogens is 469 g/mol. The predicted molar refractivity (Wildman–Crippen MR) is 133 cm³/mol. The summed E-state index contributed by atoms with van der Waals surface area (Å²) in [5.74, 6) is 1.61. The van der Waals surface area contributed by atoms with Gasteiger partial charge in [-0.2, -0.15) is 0 Å². The van der Waals surface area contributed by atoms with Gasteiger partial charge in [0.05, 0.1) is 35.1 Å². The second-order valence-corrected chi connectivity index (χ2v) is 9.85. The summed E-state index contributed by atoms with van der Waals surface area (Å²) in [6, 6.07) is 10.9. The second kappa shape index (κ2) is 10.4. The number of halogens is 1. The molecule has 10 heteroatoms. The van der Waals surface area contributed by atoms with Crippen molar-refractivity contribution in [2.75, 3.05) is 37.8 Å². The van der Waals surface area contributed by atoms with Crippen LogP contribution in [0.15, 0.2) is 47.5 Å². The Morgan fingerprint density at radius 1 is 1.34 bits per heavy atom. The van der Waals surface area contributed by atoms with Crippen molar-refractivity contribution in [1.29, 1.82) is 0 Å². The number of pyridine rings is 2. The first kappa shape index (κ1) is 23.9. The average Bonchev–Trinajstić information content (AvgIpc) is 2.87. The number of hydrogen-bond acceptors (Lipinski definition) is 8. The van der Waals surface area contributed by atoms with Gasteiger partial charge in [0.2, 0.25) is 5.91 Å². The number of thioether (sulfide) groups is 1. The van der Waals surface area contributed by atoms with Gasteiger partial charge in [-0.05, 0) is 54.9 Å². The topological polar surface area (TPSA) is 99.6 Å². The molecule has 0 aliphatic carbocycles. The van der Waals surface area contributed by atoms with Crippen molar-refractivity contribution in [1.82, 2.24) is 20.2 Å². The molecule has 5 rings (SSSR count). The number of anilines is 1. The molecule has 3 N–H and O–H groups in total. The minimum atomic E-state index is -1.07. The Morgan fingerprint density at radius 3 is 3.06 bits per heavy atom. The number of ether oxygens (including phenoxy) is 1. The quantitative estimate of drug-likeness (QED) is 0.458. The number of hydrogen-bond donors (Lipinski definition) is 3. The molecule has 3 atom stereocenters. The first-order valence-electron chi connectivity index (χ1n) is 11.6. The van der Waals surface area contributed by atoms with Gasteiger partial charge in [-0.3, -0.25) is 14.7 Å². The summed E-state index contributed by atoms with van der Waals surface area (Å²) in [4.78, 5) is 23.4. The molecule has 8 nitrogen and oxygen atoms in total. The molecule has 2 aliphatic rings. The molecule has 1 fully saturated rings. The van der Waals surface area contributed by atoms with Gasteiger partial charge >= 0.3 is 0 Å². The molecule has 0 radical (unpaired) electrons. The van der Waals surface area contributed by atoms with Crippen molar-refractivity contribution in [3.63, 3.8) is 0 Å². The van der Waals surface area contributed by atoms with Crippen LogP contribution in [0.1, 0.15) is 23.8 Å². The fraction of sp³-hybridized carbons (Fsp3) is 0.400. The number of alkyl halides is 1. The Morgan fingerprint density at radius 2 is 2.23 bits per heavy atom. The van der Waals surface area contributed by atoms with Gasteiger partial charge in [0.15, 0.2) is 0 Å². The number of carbonyl (C=O) groups is 1. The minimum Gasteiger partial charge on any atom is -0.497 e. The van der Waals surface area contributed by atoms with Gasteiger partial charge in [0, 0.05) is 37.3 Å². The third-order valence-electron chi connectivity index (χ3n) is 6.48. The van der Waals surface area contributed by atoms with E-state index in [0.29, 0.717) is 43.4 Å². The number of methoxy groups -OCH3 is 1. The van der Waals surface area contributed by atoms with E-state index in [-0.39, 0.29) is 18.5 Å². The van der Waals surface area contributed by atoms with E-state index in [1.54, 1.807) is 19.4 Å². The zero-order chi connectivity index (χ0) is 24.4. The largest absolute Gasteiger partial charge is 0.497 e. The van der Waals surface area contributed by atoms with Crippen molar-refractivity contribution in [2.45, 2.75) is 36.2 Å². The van der Waals surface area contributed by atoms with Gasteiger partial charge in [0.1, 0.15) is 17.7 Å². The average molecular weight is 498 g/mol. The monoisotopic (exact) mass is 497 g/mol. The SMILES string of the molecule is COc1ccc2nccc([C@@H](O)CN3CC[C@H](NCc4ccc5c(n4)NC(=O)CS5)[C@@H](F)C3)c2c1. The zero-order valence-electron chi connectivity index (χ0n) is 19.4. The van der Waals surface area contributed by atoms with Crippen LogP contribution in [0.5, 0.6) is 5.75 Å². The second-order valence-electron chi connectivity index (χ2n) is 8.84. The van der Waals surface area contributed by atoms with E-state index in [2.05, 4.69) is 20.6 Å². The smallest absolute Gasteiger partial charge is 0.235 e. The van der Waals surface area contributed by atoms with Crippen LogP contribution in [-0.2, 0) is 11.3 Å². The van der Waals surface area contributed by atoms with Gasteiger partial charge in [-0.1, -0.05) is 0 Å². The van der Waals surface area contributed by atoms with Crippen LogP contribution in [0.3, 0.4) is 0 Å². The maximum atomic E-state index is 15.0. The number of fused-ring (bicyclic) bond motifs is 2. The van der Waals surface area contributed by atoms with Gasteiger partial charge in [0.25, 0.3) is 0 Å². The van der Waals surface area contributed by atoms with Crippen LogP contribution >= 0.6 is 11.8 Å². The molecule has 0 unspecified atom stereocenters. The minimum absolute atomic E-state index is 0.0580. The highest BCUT2D eigenvalue weighted by Crippen LogP contribution is 2.30. The molecule has 184 valence electrons. The lowest BCUT2D eigenvalue weighted by molar-refractivity contribution is -0.113. The Balaban J connectivity index is 1.17. The lowest BCUT2D eigenvalue weighted by atomic mass is 10.00. The molecule has 2 aliphatic heterocycles. The van der Waals surface area contributed by atoms with E-state index >= 15 is 4.39 Å². The Bertz CT molecular complexity index is 1230. The van der Waals surface area contributed by atoms with Crippen molar-refractivity contribution in [3.8, 4) is 5.75 Å². The molecule has 3 aromatic rings. The van der Waals surface area contributed by atoms with Crippen LogP contribution < -0.4 is 15.4 Å². The fourth-order valence-electron chi connectivity index (χ4n) is 4.61. The third kappa shape index (κ3) is 5.40. The van der Waals surface area contributed by atoms with E-state index in [9.17, 15) is 9.90 Å². The first-order valence-corrected chi connectivity index (χ1v) is 12.6. The molecule has 35 heavy (non-hydrogen) atoms. The van der Waals surface area contributed by atoms with E-state index in [4.69, 9.17) is 4.74 Å². The number of rotatable bonds is 7. The number of carbonyl (C=O) groups excluding carboxylic acids is 1. The van der Waals surface area contributed by atoms with Crippen LogP contribution in [0.25, 0.3) is 10.9 Å². The molecule has 0 bridgehead atoms. The van der Waals surface area contributed by atoms with E-state index in [1.165, 1.54) is 11.8 Å². The Hall–Kier alpha value is -2.79. The number of benzene rings is 1. The maximum absolute atomic E-state index is 15.0. The normalized spacial score (nSPS) is 21.4. The molecule has 0 saturated carbocycles. The summed E-state index contributed by atoms with van der Waals surface area (Å²) in [5.41, 5.74) is 2.30. The number of β-amino-alcohol motifs (C(OH)–C–C–N with tert-alkyl or cyclic N) is 1. The standard InChI is InChI=1S/C25H28FN5O3S/c1-34-16-3-4-20-18(10-16)17(6-8-27-20)22(32)13-31-9-7-21(19(26)12-31)28-11-15-2-5-23-25(29-15)30-24(33)14-35-23/h2-6,8,10,19,21-22,28,32H,7,9,11-14H2,1H3,(H,29,30,33)/t19-,21-,22-/m0/s1. The molecule has 2 aromatic heterocycles. The van der Waals surface area contributed by atoms with E-state index in [1.807, 2.05) is 35.2 Å². The van der Waals surface area contributed by atoms with Crippen molar-refractivity contribution in [2.24, 2.45) is 0 Å². The van der Waals surface area contributed by atoms with Crippen molar-refractivity contribution in [3.05, 3.63) is 53.9 Å². The summed E-state index contributed by atoms with van der Waals surface area (Å²) >= 11 is 1.47. The number of piperidine rings is 1. The number of nitrogens with one attached hydrogen (secondary N) is 2. The highest BCUT2D eigenvalue weighted by Gasteiger charge is 2.30. The lowest BCUT2D eigenvalue weighted by Crippen LogP contribution is -2.51. The number of likely N-dealkylation sites (tertiary alicyclic amines) is 1. The summed E-state index contributed by atoms with van der Waals surface area (Å²) in [7, 11) is 1.60. The summed E-state index contributed by atoms with van der Waals surface area (Å²) in [5, 5.41) is 17.9. The van der Waals surface area contributed by atoms with Gasteiger partial charge in [-0.25, -0.2) is 9.37 Å². The van der Waals surface area contributed by atoms with Crippen LogP contribution in [0.2, 0.25) is 0 Å². The molecule has 0 spiro atoms. The number of aliphatic hydroxyl groups is 1. The zero-order valence-corrected chi connectivity index (χ0v) is 20.2. The van der Waals surface area contributed by atoms with Gasteiger partial charge < -0.3 is 20.5 Å². The molecule has 4 heterocycles. The molecular formula is C25H28FN5O3S. The number of amides is 1. The lowest BCUT2D eigenvalue weighted by Gasteiger charge is -2.36. The first-order chi connectivity index (χ1) is 17.0. The third-order valence-corrected chi connectivity index (χ3v) is 7.52. The van der Waals surface area contributed by atoms with Crippen LogP contribution in [0, 0.1) is 0 Å². The number of nitrogens with zero attached hydrogens (tertiary/aromatic N) is 3. The highest BCUT2D eigenvalue weighted by atomic mass is 32.2. The van der Waals surface area contributed by atoms with Crippen LogP contribution in [-0.4, -0.2) is 70.6 Å². The van der Waals surface area contributed by atoms with Crippen molar-refractivity contribution >= 4 is 34.4 Å². The molecule has 1 amide bonds. The number of aliphatic hydroxyl groups excluding tert-OH is 1. The predicted octanol–water partition coefficient (Wildman–Crippen LogP) is 2.92. The maximum Gasteiger partial charge on any atom is 0.235 e. The van der Waals surface area contributed by atoms with E-state index in [0.717, 1.165) is 27.1 Å². The fourth-order valence-corrected chi connectivity index (χ4v) is 5.37. The Kier molecular flexibility index (Phi) is 7.14. The summed E-state index contributed by atoms with van der Waals surface area (Å²) in [6.45, 7) is 1.68. The Labute approximate surface area is 207 Å².